The first-order valence-electron chi connectivity index (χ1n) is 5.37. The fourth-order valence-corrected chi connectivity index (χ4v) is 2.21. The van der Waals surface area contributed by atoms with Crippen LogP contribution in [0.15, 0.2) is 0 Å². The van der Waals surface area contributed by atoms with Gasteiger partial charge in [0.2, 0.25) is 0 Å². The highest BCUT2D eigenvalue weighted by molar-refractivity contribution is 5.45. The van der Waals surface area contributed by atoms with E-state index in [1.165, 1.54) is 5.56 Å². The van der Waals surface area contributed by atoms with Crippen LogP contribution >= 0.6 is 0 Å². The van der Waals surface area contributed by atoms with Crippen LogP contribution in [0, 0.1) is 0 Å². The minimum atomic E-state index is 0.362. The number of nitrogens with zero attached hydrogens (tertiary/aromatic N) is 3. The van der Waals surface area contributed by atoms with Crippen molar-refractivity contribution in [3.8, 4) is 0 Å². The van der Waals surface area contributed by atoms with E-state index >= 15 is 0 Å². The van der Waals surface area contributed by atoms with Crippen molar-refractivity contribution in [2.75, 3.05) is 32.5 Å². The Morgan fingerprint density at radius 2 is 2.27 bits per heavy atom. The van der Waals surface area contributed by atoms with Crippen molar-refractivity contribution < 1.29 is 4.74 Å². The van der Waals surface area contributed by atoms with Gasteiger partial charge in [0.15, 0.2) is 0 Å². The van der Waals surface area contributed by atoms with Gasteiger partial charge in [-0.25, -0.2) is 4.68 Å². The van der Waals surface area contributed by atoms with Crippen LogP contribution < -0.4 is 5.73 Å². The Labute approximate surface area is 88.8 Å². The number of nitrogen functional groups attached to an aromatic ring is 1. The van der Waals surface area contributed by atoms with Crippen molar-refractivity contribution in [1.29, 1.82) is 0 Å². The molecule has 0 unspecified atom stereocenters. The molecule has 1 aromatic rings. The molecule has 2 aliphatic rings. The van der Waals surface area contributed by atoms with Crippen LogP contribution in [0.1, 0.15) is 17.3 Å². The summed E-state index contributed by atoms with van der Waals surface area (Å²) in [5, 5.41) is 4.59. The molecule has 2 aliphatic heterocycles. The zero-order valence-electron chi connectivity index (χ0n) is 8.94. The predicted molar refractivity (Wildman–Crippen MR) is 56.5 cm³/mol. The first-order chi connectivity index (χ1) is 7.25. The van der Waals surface area contributed by atoms with E-state index in [-0.39, 0.29) is 0 Å². The molecule has 15 heavy (non-hydrogen) atoms. The van der Waals surface area contributed by atoms with Crippen molar-refractivity contribution in [1.82, 2.24) is 14.7 Å². The summed E-state index contributed by atoms with van der Waals surface area (Å²) in [7, 11) is 2.12. The highest BCUT2D eigenvalue weighted by Gasteiger charge is 2.28. The molecule has 2 N–H and O–H groups in total. The SMILES string of the molecule is CN1CCc2c(nn(C3COC3)c2N)C1. The topological polar surface area (TPSA) is 56.3 Å². The first kappa shape index (κ1) is 9.18. The summed E-state index contributed by atoms with van der Waals surface area (Å²) in [6, 6.07) is 0.362. The van der Waals surface area contributed by atoms with Crippen LogP contribution in [0.25, 0.3) is 0 Å². The lowest BCUT2D eigenvalue weighted by Crippen LogP contribution is -2.32. The molecular formula is C10H16N4O. The normalized spacial score (nSPS) is 22.5. The molecule has 5 heteroatoms. The molecule has 0 radical (unpaired) electrons. The molecule has 1 aromatic heterocycles. The number of likely N-dealkylation sites (N-methyl/N-ethyl adjacent to an activating group) is 1. The zero-order valence-corrected chi connectivity index (χ0v) is 8.94. The first-order valence-corrected chi connectivity index (χ1v) is 5.37. The number of aromatic nitrogens is 2. The van der Waals surface area contributed by atoms with Crippen LogP contribution in [0.2, 0.25) is 0 Å². The van der Waals surface area contributed by atoms with Crippen LogP contribution in [0.5, 0.6) is 0 Å². The second-order valence-corrected chi connectivity index (χ2v) is 4.43. The lowest BCUT2D eigenvalue weighted by Gasteiger charge is -2.27. The molecular weight excluding hydrogens is 192 g/mol. The standard InChI is InChI=1S/C10H16N4O/c1-13-3-2-8-9(4-13)12-14(10(8)11)7-5-15-6-7/h7H,2-6,11H2,1H3. The van der Waals surface area contributed by atoms with Crippen molar-refractivity contribution in [2.45, 2.75) is 19.0 Å². The lowest BCUT2D eigenvalue weighted by molar-refractivity contribution is -0.0278. The van der Waals surface area contributed by atoms with E-state index in [4.69, 9.17) is 10.5 Å². The van der Waals surface area contributed by atoms with Gasteiger partial charge in [0.25, 0.3) is 0 Å². The maximum absolute atomic E-state index is 6.11. The van der Waals surface area contributed by atoms with E-state index in [1.54, 1.807) is 0 Å². The quantitative estimate of drug-likeness (QED) is 0.707. The Hall–Kier alpha value is -1.07. The molecule has 0 saturated carbocycles. The maximum atomic E-state index is 6.11. The molecule has 5 nitrogen and oxygen atoms in total. The Balaban J connectivity index is 1.96. The van der Waals surface area contributed by atoms with E-state index in [2.05, 4.69) is 17.0 Å². The van der Waals surface area contributed by atoms with Gasteiger partial charge in [-0.3, -0.25) is 0 Å². The number of anilines is 1. The number of nitrogens with two attached hydrogens (primary N) is 1. The molecule has 3 rings (SSSR count). The minimum Gasteiger partial charge on any atom is -0.384 e. The summed E-state index contributed by atoms with van der Waals surface area (Å²) >= 11 is 0. The van der Waals surface area contributed by atoms with E-state index in [0.29, 0.717) is 6.04 Å². The number of rotatable bonds is 1. The van der Waals surface area contributed by atoms with Gasteiger partial charge in [-0.05, 0) is 13.5 Å². The van der Waals surface area contributed by atoms with Gasteiger partial charge in [0, 0.05) is 18.7 Å². The number of hydrogen-bond donors (Lipinski definition) is 1. The molecule has 1 saturated heterocycles. The van der Waals surface area contributed by atoms with Gasteiger partial charge in [0.05, 0.1) is 18.9 Å². The number of hydrogen-bond acceptors (Lipinski definition) is 4. The predicted octanol–water partition coefficient (Wildman–Crippen LogP) is 0.0245. The third-order valence-corrected chi connectivity index (χ3v) is 3.26. The minimum absolute atomic E-state index is 0.362. The zero-order chi connectivity index (χ0) is 10.4. The van der Waals surface area contributed by atoms with E-state index < -0.39 is 0 Å². The Bertz CT molecular complexity index is 383. The Morgan fingerprint density at radius 1 is 1.47 bits per heavy atom. The summed E-state index contributed by atoms with van der Waals surface area (Å²) in [5.74, 6) is 0.853. The third-order valence-electron chi connectivity index (χ3n) is 3.26. The summed E-state index contributed by atoms with van der Waals surface area (Å²) in [5.41, 5.74) is 8.50. The lowest BCUT2D eigenvalue weighted by atomic mass is 10.1. The van der Waals surface area contributed by atoms with Crippen LogP contribution in [-0.2, 0) is 17.7 Å². The largest absolute Gasteiger partial charge is 0.384 e. The Morgan fingerprint density at radius 3 is 2.93 bits per heavy atom. The fourth-order valence-electron chi connectivity index (χ4n) is 2.21. The summed E-state index contributed by atoms with van der Waals surface area (Å²) in [6.45, 7) is 3.49. The average Bonchev–Trinajstić information content (AvgIpc) is 2.41. The van der Waals surface area contributed by atoms with Crippen molar-refractivity contribution in [3.63, 3.8) is 0 Å². The second kappa shape index (κ2) is 3.21. The third kappa shape index (κ3) is 1.34. The Kier molecular flexibility index (Phi) is 1.97. The molecule has 0 amide bonds. The average molecular weight is 208 g/mol. The van der Waals surface area contributed by atoms with Crippen molar-refractivity contribution >= 4 is 5.82 Å². The highest BCUT2D eigenvalue weighted by Crippen LogP contribution is 2.28. The monoisotopic (exact) mass is 208 g/mol. The summed E-state index contributed by atoms with van der Waals surface area (Å²) in [6.07, 6.45) is 1.02. The molecule has 0 bridgehead atoms. The van der Waals surface area contributed by atoms with Gasteiger partial charge < -0.3 is 15.4 Å². The maximum Gasteiger partial charge on any atom is 0.125 e. The van der Waals surface area contributed by atoms with Crippen LogP contribution in [0.3, 0.4) is 0 Å². The van der Waals surface area contributed by atoms with Crippen LogP contribution in [-0.4, -0.2) is 41.5 Å². The fraction of sp³-hybridized carbons (Fsp3) is 0.700. The van der Waals surface area contributed by atoms with Gasteiger partial charge in [0.1, 0.15) is 11.9 Å². The summed E-state index contributed by atoms with van der Waals surface area (Å²) < 4.78 is 7.12. The second-order valence-electron chi connectivity index (χ2n) is 4.43. The van der Waals surface area contributed by atoms with Crippen LogP contribution in [0.4, 0.5) is 5.82 Å². The number of ether oxygens (including phenoxy) is 1. The molecule has 0 aromatic carbocycles. The van der Waals surface area contributed by atoms with E-state index in [1.807, 2.05) is 4.68 Å². The van der Waals surface area contributed by atoms with Gasteiger partial charge in [-0.2, -0.15) is 5.10 Å². The number of fused-ring (bicyclic) bond motifs is 1. The van der Waals surface area contributed by atoms with Gasteiger partial charge >= 0.3 is 0 Å². The van der Waals surface area contributed by atoms with Crippen molar-refractivity contribution in [2.24, 2.45) is 0 Å². The molecule has 0 atom stereocenters. The van der Waals surface area contributed by atoms with Gasteiger partial charge in [-0.15, -0.1) is 0 Å². The molecule has 3 heterocycles. The highest BCUT2D eigenvalue weighted by atomic mass is 16.5. The van der Waals surface area contributed by atoms with Crippen molar-refractivity contribution in [3.05, 3.63) is 11.3 Å². The molecule has 0 spiro atoms. The molecule has 82 valence electrons. The van der Waals surface area contributed by atoms with E-state index in [9.17, 15) is 0 Å². The molecule has 0 aliphatic carbocycles. The summed E-state index contributed by atoms with van der Waals surface area (Å²) in [4.78, 5) is 2.27. The van der Waals surface area contributed by atoms with Gasteiger partial charge in [-0.1, -0.05) is 0 Å². The molecule has 1 fully saturated rings. The smallest absolute Gasteiger partial charge is 0.125 e. The van der Waals surface area contributed by atoms with E-state index in [0.717, 1.165) is 44.2 Å².